The molecule has 1 amide bonds. The molecule has 1 aromatic rings. The van der Waals surface area contributed by atoms with Gasteiger partial charge in [0.2, 0.25) is 5.91 Å². The van der Waals surface area contributed by atoms with E-state index in [0.717, 1.165) is 16.9 Å². The minimum atomic E-state index is -0.0450. The molecule has 0 saturated carbocycles. The Hall–Kier alpha value is -1.51. The standard InChI is InChI=1S/C10H14N2O/c1-7-4-5-9(11-3)6-10(7)12-8(2)13/h4-6,11H,1-3H3,(H,12,13). The van der Waals surface area contributed by atoms with Crippen LogP contribution in [0.2, 0.25) is 0 Å². The summed E-state index contributed by atoms with van der Waals surface area (Å²) in [5.74, 6) is -0.0450. The van der Waals surface area contributed by atoms with Crippen molar-refractivity contribution in [3.05, 3.63) is 23.8 Å². The van der Waals surface area contributed by atoms with Gasteiger partial charge in [0.1, 0.15) is 0 Å². The maximum Gasteiger partial charge on any atom is 0.221 e. The molecule has 0 bridgehead atoms. The largest absolute Gasteiger partial charge is 0.388 e. The van der Waals surface area contributed by atoms with Gasteiger partial charge in [-0.15, -0.1) is 0 Å². The lowest BCUT2D eigenvalue weighted by atomic mass is 10.2. The molecule has 3 heteroatoms. The van der Waals surface area contributed by atoms with E-state index in [-0.39, 0.29) is 5.91 Å². The van der Waals surface area contributed by atoms with Crippen molar-refractivity contribution >= 4 is 17.3 Å². The van der Waals surface area contributed by atoms with Crippen molar-refractivity contribution in [3.63, 3.8) is 0 Å². The van der Waals surface area contributed by atoms with Gasteiger partial charge < -0.3 is 10.6 Å². The zero-order valence-electron chi connectivity index (χ0n) is 8.14. The van der Waals surface area contributed by atoms with Crippen LogP contribution in [0.25, 0.3) is 0 Å². The van der Waals surface area contributed by atoms with E-state index in [4.69, 9.17) is 0 Å². The number of carbonyl (C=O) groups is 1. The highest BCUT2D eigenvalue weighted by atomic mass is 16.1. The number of hydrogen-bond acceptors (Lipinski definition) is 2. The fourth-order valence-electron chi connectivity index (χ4n) is 1.10. The first kappa shape index (κ1) is 9.58. The molecular weight excluding hydrogens is 164 g/mol. The Morgan fingerprint density at radius 1 is 1.38 bits per heavy atom. The van der Waals surface area contributed by atoms with Gasteiger partial charge in [0.05, 0.1) is 0 Å². The van der Waals surface area contributed by atoms with E-state index in [0.29, 0.717) is 0 Å². The summed E-state index contributed by atoms with van der Waals surface area (Å²) in [5.41, 5.74) is 2.92. The summed E-state index contributed by atoms with van der Waals surface area (Å²) < 4.78 is 0. The summed E-state index contributed by atoms with van der Waals surface area (Å²) in [6, 6.07) is 5.86. The summed E-state index contributed by atoms with van der Waals surface area (Å²) in [6.45, 7) is 3.47. The van der Waals surface area contributed by atoms with Gasteiger partial charge in [0.25, 0.3) is 0 Å². The number of anilines is 2. The molecule has 2 N–H and O–H groups in total. The van der Waals surface area contributed by atoms with E-state index >= 15 is 0 Å². The molecule has 0 heterocycles. The molecule has 0 saturated heterocycles. The molecule has 0 fully saturated rings. The molecule has 0 aliphatic carbocycles. The van der Waals surface area contributed by atoms with Gasteiger partial charge >= 0.3 is 0 Å². The number of carbonyl (C=O) groups excluding carboxylic acids is 1. The van der Waals surface area contributed by atoms with Crippen molar-refractivity contribution < 1.29 is 4.79 Å². The third-order valence-electron chi connectivity index (χ3n) is 1.84. The van der Waals surface area contributed by atoms with Gasteiger partial charge in [0.15, 0.2) is 0 Å². The van der Waals surface area contributed by atoms with Crippen LogP contribution in [-0.2, 0) is 4.79 Å². The molecule has 0 spiro atoms. The topological polar surface area (TPSA) is 41.1 Å². The Bertz CT molecular complexity index is 321. The van der Waals surface area contributed by atoms with Crippen LogP contribution in [0.3, 0.4) is 0 Å². The number of amides is 1. The van der Waals surface area contributed by atoms with Gasteiger partial charge in [-0.25, -0.2) is 0 Å². The fraction of sp³-hybridized carbons (Fsp3) is 0.300. The van der Waals surface area contributed by atoms with Crippen LogP contribution in [0.4, 0.5) is 11.4 Å². The second kappa shape index (κ2) is 3.94. The van der Waals surface area contributed by atoms with E-state index in [2.05, 4.69) is 10.6 Å². The molecule has 0 unspecified atom stereocenters. The van der Waals surface area contributed by atoms with Crippen LogP contribution in [0.5, 0.6) is 0 Å². The monoisotopic (exact) mass is 178 g/mol. The summed E-state index contributed by atoms with van der Waals surface area (Å²) in [7, 11) is 1.85. The predicted molar refractivity (Wildman–Crippen MR) is 55.0 cm³/mol. The molecule has 0 aliphatic heterocycles. The highest BCUT2D eigenvalue weighted by molar-refractivity contribution is 5.90. The number of nitrogens with one attached hydrogen (secondary N) is 2. The van der Waals surface area contributed by atoms with Gasteiger partial charge in [0, 0.05) is 25.3 Å². The predicted octanol–water partition coefficient (Wildman–Crippen LogP) is 2.00. The van der Waals surface area contributed by atoms with Crippen LogP contribution in [0, 0.1) is 6.92 Å². The molecule has 0 aromatic heterocycles. The van der Waals surface area contributed by atoms with Gasteiger partial charge in [-0.2, -0.15) is 0 Å². The minimum Gasteiger partial charge on any atom is -0.388 e. The molecule has 0 atom stereocenters. The second-order valence-electron chi connectivity index (χ2n) is 2.96. The molecule has 13 heavy (non-hydrogen) atoms. The van der Waals surface area contributed by atoms with Gasteiger partial charge in [-0.3, -0.25) is 4.79 Å². The highest BCUT2D eigenvalue weighted by Crippen LogP contribution is 2.19. The first-order valence-electron chi connectivity index (χ1n) is 4.19. The van der Waals surface area contributed by atoms with Crippen LogP contribution in [-0.4, -0.2) is 13.0 Å². The minimum absolute atomic E-state index is 0.0450. The molecule has 70 valence electrons. The van der Waals surface area contributed by atoms with Crippen LogP contribution in [0.15, 0.2) is 18.2 Å². The Kier molecular flexibility index (Phi) is 2.90. The lowest BCUT2D eigenvalue weighted by Gasteiger charge is -2.08. The highest BCUT2D eigenvalue weighted by Gasteiger charge is 2.00. The number of rotatable bonds is 2. The lowest BCUT2D eigenvalue weighted by molar-refractivity contribution is -0.114. The third-order valence-corrected chi connectivity index (χ3v) is 1.84. The smallest absolute Gasteiger partial charge is 0.221 e. The molecule has 0 aliphatic rings. The van der Waals surface area contributed by atoms with Gasteiger partial charge in [-0.1, -0.05) is 6.07 Å². The Labute approximate surface area is 78.2 Å². The van der Waals surface area contributed by atoms with E-state index in [1.54, 1.807) is 0 Å². The lowest BCUT2D eigenvalue weighted by Crippen LogP contribution is -2.07. The number of hydrogen-bond donors (Lipinski definition) is 2. The summed E-state index contributed by atoms with van der Waals surface area (Å²) in [4.78, 5) is 10.8. The Balaban J connectivity index is 2.96. The SMILES string of the molecule is CNc1ccc(C)c(NC(C)=O)c1. The number of benzene rings is 1. The number of aryl methyl sites for hydroxylation is 1. The molecule has 1 rings (SSSR count). The van der Waals surface area contributed by atoms with Crippen molar-refractivity contribution in [2.45, 2.75) is 13.8 Å². The zero-order chi connectivity index (χ0) is 9.84. The average molecular weight is 178 g/mol. The summed E-state index contributed by atoms with van der Waals surface area (Å²) >= 11 is 0. The van der Waals surface area contributed by atoms with E-state index in [9.17, 15) is 4.79 Å². The van der Waals surface area contributed by atoms with Crippen molar-refractivity contribution in [2.75, 3.05) is 17.7 Å². The quantitative estimate of drug-likeness (QED) is 0.727. The molecular formula is C10H14N2O. The maximum atomic E-state index is 10.8. The second-order valence-corrected chi connectivity index (χ2v) is 2.96. The van der Waals surface area contributed by atoms with E-state index in [1.807, 2.05) is 32.2 Å². The molecule has 3 nitrogen and oxygen atoms in total. The summed E-state index contributed by atoms with van der Waals surface area (Å²) in [5, 5.41) is 5.79. The normalized spacial score (nSPS) is 9.46. The molecule has 1 aromatic carbocycles. The van der Waals surface area contributed by atoms with Crippen LogP contribution in [0.1, 0.15) is 12.5 Å². The molecule has 0 radical (unpaired) electrons. The summed E-state index contributed by atoms with van der Waals surface area (Å²) in [6.07, 6.45) is 0. The van der Waals surface area contributed by atoms with Crippen molar-refractivity contribution in [2.24, 2.45) is 0 Å². The van der Waals surface area contributed by atoms with Crippen molar-refractivity contribution in [1.29, 1.82) is 0 Å². The van der Waals surface area contributed by atoms with E-state index in [1.165, 1.54) is 6.92 Å². The maximum absolute atomic E-state index is 10.8. The van der Waals surface area contributed by atoms with Crippen LogP contribution < -0.4 is 10.6 Å². The first-order valence-corrected chi connectivity index (χ1v) is 4.19. The average Bonchev–Trinajstić information content (AvgIpc) is 2.08. The van der Waals surface area contributed by atoms with Crippen molar-refractivity contribution in [3.8, 4) is 0 Å². The van der Waals surface area contributed by atoms with Crippen LogP contribution >= 0.6 is 0 Å². The zero-order valence-corrected chi connectivity index (χ0v) is 8.14. The van der Waals surface area contributed by atoms with Crippen molar-refractivity contribution in [1.82, 2.24) is 0 Å². The Morgan fingerprint density at radius 2 is 2.08 bits per heavy atom. The first-order chi connectivity index (χ1) is 6.13. The van der Waals surface area contributed by atoms with Gasteiger partial charge in [-0.05, 0) is 24.6 Å². The third kappa shape index (κ3) is 2.47. The Morgan fingerprint density at radius 3 is 2.62 bits per heavy atom. The van der Waals surface area contributed by atoms with E-state index < -0.39 is 0 Å². The fourth-order valence-corrected chi connectivity index (χ4v) is 1.10.